The first-order valence-corrected chi connectivity index (χ1v) is 8.87. The number of amides is 1. The van der Waals surface area contributed by atoms with Crippen molar-refractivity contribution in [2.24, 2.45) is 10.2 Å². The summed E-state index contributed by atoms with van der Waals surface area (Å²) >= 11 is 12.2. The maximum Gasteiger partial charge on any atom is 0.248 e. The van der Waals surface area contributed by atoms with Gasteiger partial charge in [-0.3, -0.25) is 4.79 Å². The van der Waals surface area contributed by atoms with Crippen molar-refractivity contribution in [2.45, 2.75) is 0 Å². The SMILES string of the molecule is O=C(C=Cc1c(Cl)cccc1Cl)Nc1ccc(N=Nc2ccccc2)cc1. The number of nitrogens with one attached hydrogen (secondary N) is 1. The zero-order valence-electron chi connectivity index (χ0n) is 14.1. The predicted molar refractivity (Wildman–Crippen MR) is 111 cm³/mol. The number of carbonyl (C=O) groups is 1. The van der Waals surface area contributed by atoms with Crippen molar-refractivity contribution in [2.75, 3.05) is 5.32 Å². The molecule has 0 aliphatic carbocycles. The van der Waals surface area contributed by atoms with Gasteiger partial charge in [-0.2, -0.15) is 10.2 Å². The Bertz CT molecular complexity index is 964. The Hall–Kier alpha value is -2.95. The summed E-state index contributed by atoms with van der Waals surface area (Å²) in [5, 5.41) is 12.0. The highest BCUT2D eigenvalue weighted by atomic mass is 35.5. The highest BCUT2D eigenvalue weighted by Crippen LogP contribution is 2.25. The van der Waals surface area contributed by atoms with E-state index in [2.05, 4.69) is 15.5 Å². The number of benzene rings is 3. The number of azo groups is 1. The predicted octanol–water partition coefficient (Wildman–Crippen LogP) is 7.06. The molecule has 3 aromatic carbocycles. The molecule has 6 heteroatoms. The van der Waals surface area contributed by atoms with Crippen molar-refractivity contribution in [1.82, 2.24) is 0 Å². The van der Waals surface area contributed by atoms with Crippen LogP contribution in [0.1, 0.15) is 5.56 Å². The summed E-state index contributed by atoms with van der Waals surface area (Å²) in [6.07, 6.45) is 2.97. The molecule has 134 valence electrons. The highest BCUT2D eigenvalue weighted by molar-refractivity contribution is 6.37. The first-order chi connectivity index (χ1) is 13.1. The van der Waals surface area contributed by atoms with Gasteiger partial charge in [0, 0.05) is 27.4 Å². The average Bonchev–Trinajstić information content (AvgIpc) is 2.68. The van der Waals surface area contributed by atoms with Crippen LogP contribution in [0.25, 0.3) is 6.08 Å². The van der Waals surface area contributed by atoms with Gasteiger partial charge in [0.15, 0.2) is 0 Å². The van der Waals surface area contributed by atoms with Crippen molar-refractivity contribution in [3.63, 3.8) is 0 Å². The molecule has 0 bridgehead atoms. The number of hydrogen-bond acceptors (Lipinski definition) is 3. The molecule has 0 radical (unpaired) electrons. The second-order valence-corrected chi connectivity index (χ2v) is 6.35. The number of hydrogen-bond donors (Lipinski definition) is 1. The zero-order chi connectivity index (χ0) is 19.1. The number of anilines is 1. The third-order valence-corrected chi connectivity index (χ3v) is 4.23. The number of carbonyl (C=O) groups excluding carboxylic acids is 1. The van der Waals surface area contributed by atoms with Crippen molar-refractivity contribution in [3.8, 4) is 0 Å². The molecule has 0 saturated heterocycles. The van der Waals surface area contributed by atoms with Gasteiger partial charge in [0.1, 0.15) is 0 Å². The van der Waals surface area contributed by atoms with Gasteiger partial charge in [-0.1, -0.05) is 47.5 Å². The van der Waals surface area contributed by atoms with E-state index >= 15 is 0 Å². The fourth-order valence-corrected chi connectivity index (χ4v) is 2.76. The Kier molecular flexibility index (Phi) is 6.36. The smallest absolute Gasteiger partial charge is 0.248 e. The topological polar surface area (TPSA) is 53.8 Å². The molecule has 1 N–H and O–H groups in total. The first-order valence-electron chi connectivity index (χ1n) is 8.12. The Morgan fingerprint density at radius 1 is 0.778 bits per heavy atom. The van der Waals surface area contributed by atoms with Crippen LogP contribution in [0.4, 0.5) is 17.1 Å². The second kappa shape index (κ2) is 9.12. The van der Waals surface area contributed by atoms with Gasteiger partial charge in [-0.25, -0.2) is 0 Å². The minimum absolute atomic E-state index is 0.287. The summed E-state index contributed by atoms with van der Waals surface area (Å²) in [6.45, 7) is 0. The lowest BCUT2D eigenvalue weighted by Crippen LogP contribution is -2.07. The molecule has 0 saturated carbocycles. The van der Waals surface area contributed by atoms with Crippen LogP contribution in [0.5, 0.6) is 0 Å². The van der Waals surface area contributed by atoms with E-state index in [1.807, 2.05) is 30.3 Å². The van der Waals surface area contributed by atoms with Crippen LogP contribution in [-0.4, -0.2) is 5.91 Å². The van der Waals surface area contributed by atoms with Gasteiger partial charge in [0.05, 0.1) is 11.4 Å². The van der Waals surface area contributed by atoms with Gasteiger partial charge in [0.2, 0.25) is 5.91 Å². The van der Waals surface area contributed by atoms with Crippen LogP contribution in [0, 0.1) is 0 Å². The maximum absolute atomic E-state index is 12.1. The normalized spacial score (nSPS) is 11.2. The lowest BCUT2D eigenvalue weighted by Gasteiger charge is -2.03. The lowest BCUT2D eigenvalue weighted by atomic mass is 10.2. The van der Waals surface area contributed by atoms with Gasteiger partial charge in [-0.05, 0) is 54.6 Å². The molecule has 0 spiro atoms. The van der Waals surface area contributed by atoms with Crippen molar-refractivity contribution in [3.05, 3.63) is 94.5 Å². The third kappa shape index (κ3) is 5.51. The Morgan fingerprint density at radius 2 is 1.37 bits per heavy atom. The van der Waals surface area contributed by atoms with E-state index in [0.717, 1.165) is 5.69 Å². The van der Waals surface area contributed by atoms with Gasteiger partial charge < -0.3 is 5.32 Å². The molecule has 0 aliphatic rings. The molecule has 3 rings (SSSR count). The fourth-order valence-electron chi connectivity index (χ4n) is 2.23. The van der Waals surface area contributed by atoms with Gasteiger partial charge in [0.25, 0.3) is 0 Å². The second-order valence-electron chi connectivity index (χ2n) is 5.54. The standard InChI is InChI=1S/C21H15Cl2N3O/c22-19-7-4-8-20(23)18(19)13-14-21(27)24-15-9-11-17(12-10-15)26-25-16-5-2-1-3-6-16/h1-14H,(H,24,27). The molecule has 0 fully saturated rings. The summed E-state index contributed by atoms with van der Waals surface area (Å²) in [5.74, 6) is -0.287. The van der Waals surface area contributed by atoms with Crippen LogP contribution >= 0.6 is 23.2 Å². The molecule has 1 amide bonds. The Labute approximate surface area is 167 Å². The van der Waals surface area contributed by atoms with Crippen LogP contribution < -0.4 is 5.32 Å². The monoisotopic (exact) mass is 395 g/mol. The minimum Gasteiger partial charge on any atom is -0.323 e. The molecule has 0 aromatic heterocycles. The average molecular weight is 396 g/mol. The molecule has 27 heavy (non-hydrogen) atoms. The molecule has 0 aliphatic heterocycles. The summed E-state index contributed by atoms with van der Waals surface area (Å²) in [5.41, 5.74) is 2.72. The van der Waals surface area contributed by atoms with E-state index in [0.29, 0.717) is 27.0 Å². The Morgan fingerprint density at radius 3 is 2.00 bits per heavy atom. The first kappa shape index (κ1) is 18.8. The molecule has 0 heterocycles. The summed E-state index contributed by atoms with van der Waals surface area (Å²) < 4.78 is 0. The van der Waals surface area contributed by atoms with Crippen LogP contribution in [-0.2, 0) is 4.79 Å². The summed E-state index contributed by atoms with van der Waals surface area (Å²) in [4.78, 5) is 12.1. The quantitative estimate of drug-likeness (QED) is 0.364. The van der Waals surface area contributed by atoms with E-state index in [1.165, 1.54) is 6.08 Å². The Balaban J connectivity index is 1.62. The summed E-state index contributed by atoms with van der Waals surface area (Å²) in [7, 11) is 0. The molecule has 0 unspecified atom stereocenters. The highest BCUT2D eigenvalue weighted by Gasteiger charge is 2.03. The van der Waals surface area contributed by atoms with Crippen LogP contribution in [0.2, 0.25) is 10.0 Å². The van der Waals surface area contributed by atoms with Crippen molar-refractivity contribution >= 4 is 52.2 Å². The van der Waals surface area contributed by atoms with Gasteiger partial charge >= 0.3 is 0 Å². The van der Waals surface area contributed by atoms with E-state index < -0.39 is 0 Å². The number of nitrogens with zero attached hydrogens (tertiary/aromatic N) is 2. The zero-order valence-corrected chi connectivity index (χ0v) is 15.7. The van der Waals surface area contributed by atoms with Gasteiger partial charge in [-0.15, -0.1) is 0 Å². The van der Waals surface area contributed by atoms with Crippen molar-refractivity contribution < 1.29 is 4.79 Å². The van der Waals surface area contributed by atoms with Crippen molar-refractivity contribution in [1.29, 1.82) is 0 Å². The minimum atomic E-state index is -0.287. The van der Waals surface area contributed by atoms with E-state index in [1.54, 1.807) is 48.5 Å². The number of halogens is 2. The molecule has 4 nitrogen and oxygen atoms in total. The fraction of sp³-hybridized carbons (Fsp3) is 0. The number of rotatable bonds is 5. The lowest BCUT2D eigenvalue weighted by molar-refractivity contribution is -0.111. The summed E-state index contributed by atoms with van der Waals surface area (Å²) in [6, 6.07) is 21.7. The van der Waals surface area contributed by atoms with E-state index in [9.17, 15) is 4.79 Å². The largest absolute Gasteiger partial charge is 0.323 e. The van der Waals surface area contributed by atoms with Crippen LogP contribution in [0.3, 0.4) is 0 Å². The van der Waals surface area contributed by atoms with E-state index in [-0.39, 0.29) is 5.91 Å². The van der Waals surface area contributed by atoms with Crippen LogP contribution in [0.15, 0.2) is 89.1 Å². The molecule has 3 aromatic rings. The molecule has 0 atom stereocenters. The maximum atomic E-state index is 12.1. The van der Waals surface area contributed by atoms with E-state index in [4.69, 9.17) is 23.2 Å². The molecular formula is C21H15Cl2N3O. The molecular weight excluding hydrogens is 381 g/mol. The third-order valence-electron chi connectivity index (χ3n) is 3.57.